The lowest BCUT2D eigenvalue weighted by Gasteiger charge is -2.07. The molecule has 148 valence electrons. The molecule has 0 fully saturated rings. The average molecular weight is 449 g/mol. The van der Waals surface area contributed by atoms with Crippen LogP contribution in [0.4, 0.5) is 0 Å². The maximum atomic E-state index is 6.11. The summed E-state index contributed by atoms with van der Waals surface area (Å²) >= 11 is 13.6. The molecular formula is C19H14Cl2N4O3S. The van der Waals surface area contributed by atoms with Crippen molar-refractivity contribution < 1.29 is 13.6 Å². The molecule has 10 heteroatoms. The fraction of sp³-hybridized carbons (Fsp3) is 0.105. The molecule has 7 nitrogen and oxygen atoms in total. The minimum Gasteiger partial charge on any atom is -0.483 e. The molecular weight excluding hydrogens is 435 g/mol. The van der Waals surface area contributed by atoms with E-state index in [1.165, 1.54) is 11.8 Å². The Balaban J connectivity index is 1.50. The van der Waals surface area contributed by atoms with Gasteiger partial charge in [-0.15, -0.1) is 10.2 Å². The van der Waals surface area contributed by atoms with Crippen molar-refractivity contribution in [2.24, 2.45) is 5.10 Å². The number of furan rings is 2. The van der Waals surface area contributed by atoms with E-state index >= 15 is 0 Å². The Hall–Kier alpha value is -2.68. The first kappa shape index (κ1) is 19.6. The van der Waals surface area contributed by atoms with Crippen molar-refractivity contribution in [2.45, 2.75) is 11.8 Å². The van der Waals surface area contributed by atoms with Gasteiger partial charge in [0.05, 0.1) is 22.5 Å². The van der Waals surface area contributed by atoms with E-state index in [4.69, 9.17) is 36.8 Å². The second kappa shape index (κ2) is 8.77. The van der Waals surface area contributed by atoms with Crippen LogP contribution in [0.1, 0.15) is 11.5 Å². The molecule has 1 aromatic carbocycles. The zero-order chi connectivity index (χ0) is 20.2. The van der Waals surface area contributed by atoms with Gasteiger partial charge in [-0.2, -0.15) is 9.78 Å². The second-order valence-electron chi connectivity index (χ2n) is 5.69. The van der Waals surface area contributed by atoms with Crippen molar-refractivity contribution in [3.8, 4) is 17.3 Å². The number of hydrogen-bond donors (Lipinski definition) is 0. The molecule has 0 aliphatic rings. The Morgan fingerprint density at radius 3 is 2.69 bits per heavy atom. The molecule has 3 aromatic heterocycles. The van der Waals surface area contributed by atoms with Crippen molar-refractivity contribution in [3.63, 3.8) is 0 Å². The number of para-hydroxylation sites is 1. The molecule has 0 amide bonds. The van der Waals surface area contributed by atoms with E-state index < -0.39 is 0 Å². The van der Waals surface area contributed by atoms with Crippen LogP contribution >= 0.6 is 35.0 Å². The lowest BCUT2D eigenvalue weighted by atomic mass is 10.3. The van der Waals surface area contributed by atoms with Crippen LogP contribution < -0.4 is 4.74 Å². The molecule has 0 bridgehead atoms. The van der Waals surface area contributed by atoms with Gasteiger partial charge in [0, 0.05) is 0 Å². The van der Waals surface area contributed by atoms with Crippen LogP contribution in [-0.2, 0) is 6.61 Å². The standard InChI is InChI=1S/C19H14Cl2N4O3S/c1-29-19-24-23-18(16-6-3-9-26-16)25(19)22-10-12-7-8-13(28-12)11-27-17-14(20)4-2-5-15(17)21/h2-10H,11H2,1H3/b22-10-. The number of benzene rings is 1. The van der Waals surface area contributed by atoms with E-state index in [0.717, 1.165) is 0 Å². The first-order chi connectivity index (χ1) is 14.2. The molecule has 0 N–H and O–H groups in total. The Bertz CT molecular complexity index is 1120. The van der Waals surface area contributed by atoms with E-state index in [1.807, 2.05) is 6.26 Å². The quantitative estimate of drug-likeness (QED) is 0.269. The van der Waals surface area contributed by atoms with Crippen molar-refractivity contribution in [2.75, 3.05) is 6.26 Å². The number of ether oxygens (including phenoxy) is 1. The van der Waals surface area contributed by atoms with Crippen molar-refractivity contribution in [1.29, 1.82) is 0 Å². The maximum absolute atomic E-state index is 6.11. The zero-order valence-electron chi connectivity index (χ0n) is 15.1. The first-order valence-corrected chi connectivity index (χ1v) is 10.4. The minimum absolute atomic E-state index is 0.178. The molecule has 0 aliphatic heterocycles. The van der Waals surface area contributed by atoms with Crippen LogP contribution in [0, 0.1) is 0 Å². The summed E-state index contributed by atoms with van der Waals surface area (Å²) in [6.07, 6.45) is 5.03. The summed E-state index contributed by atoms with van der Waals surface area (Å²) in [5, 5.41) is 14.2. The van der Waals surface area contributed by atoms with Crippen LogP contribution in [0.3, 0.4) is 0 Å². The molecule has 4 rings (SSSR count). The van der Waals surface area contributed by atoms with E-state index in [0.29, 0.717) is 44.1 Å². The van der Waals surface area contributed by atoms with Crippen LogP contribution in [-0.4, -0.2) is 27.3 Å². The second-order valence-corrected chi connectivity index (χ2v) is 7.28. The molecule has 0 unspecified atom stereocenters. The molecule has 0 aliphatic carbocycles. The monoisotopic (exact) mass is 448 g/mol. The van der Waals surface area contributed by atoms with Gasteiger partial charge >= 0.3 is 0 Å². The summed E-state index contributed by atoms with van der Waals surface area (Å²) in [6.45, 7) is 0.178. The van der Waals surface area contributed by atoms with Crippen LogP contribution in [0.25, 0.3) is 11.6 Å². The molecule has 0 saturated carbocycles. The Labute approximate surface area is 180 Å². The van der Waals surface area contributed by atoms with Gasteiger partial charge in [0.1, 0.15) is 18.1 Å². The van der Waals surface area contributed by atoms with Gasteiger partial charge in [0.15, 0.2) is 11.5 Å². The number of aromatic nitrogens is 3. The fourth-order valence-electron chi connectivity index (χ4n) is 2.48. The molecule has 3 heterocycles. The van der Waals surface area contributed by atoms with E-state index in [2.05, 4.69) is 15.3 Å². The topological polar surface area (TPSA) is 78.6 Å². The Morgan fingerprint density at radius 1 is 1.14 bits per heavy atom. The average Bonchev–Trinajstić information content (AvgIpc) is 3.46. The fourth-order valence-corrected chi connectivity index (χ4v) is 3.41. The van der Waals surface area contributed by atoms with Gasteiger partial charge < -0.3 is 13.6 Å². The van der Waals surface area contributed by atoms with E-state index in [1.54, 1.807) is 59.6 Å². The lowest BCUT2D eigenvalue weighted by molar-refractivity contribution is 0.270. The number of halogens is 2. The Kier molecular flexibility index (Phi) is 5.94. The van der Waals surface area contributed by atoms with Crippen LogP contribution in [0.5, 0.6) is 5.75 Å². The minimum atomic E-state index is 0.178. The van der Waals surface area contributed by atoms with Crippen molar-refractivity contribution >= 4 is 41.2 Å². The third-order valence-electron chi connectivity index (χ3n) is 3.80. The highest BCUT2D eigenvalue weighted by molar-refractivity contribution is 7.98. The third kappa shape index (κ3) is 4.34. The zero-order valence-corrected chi connectivity index (χ0v) is 17.4. The maximum Gasteiger partial charge on any atom is 0.221 e. The third-order valence-corrected chi connectivity index (χ3v) is 5.01. The number of hydrogen-bond acceptors (Lipinski definition) is 7. The molecule has 0 saturated heterocycles. The van der Waals surface area contributed by atoms with E-state index in [9.17, 15) is 0 Å². The highest BCUT2D eigenvalue weighted by Crippen LogP contribution is 2.33. The molecule has 0 spiro atoms. The van der Waals surface area contributed by atoms with Gasteiger partial charge in [-0.05, 0) is 42.7 Å². The molecule has 0 atom stereocenters. The van der Waals surface area contributed by atoms with Crippen molar-refractivity contribution in [1.82, 2.24) is 14.9 Å². The normalized spacial score (nSPS) is 11.4. The van der Waals surface area contributed by atoms with Crippen LogP contribution in [0.15, 0.2) is 67.8 Å². The number of rotatable bonds is 7. The van der Waals surface area contributed by atoms with Gasteiger partial charge in [-0.25, -0.2) is 0 Å². The summed E-state index contributed by atoms with van der Waals surface area (Å²) in [6, 6.07) is 12.3. The van der Waals surface area contributed by atoms with Gasteiger partial charge in [-0.1, -0.05) is 41.0 Å². The molecule has 4 aromatic rings. The van der Waals surface area contributed by atoms with Gasteiger partial charge in [0.2, 0.25) is 11.0 Å². The molecule has 0 radical (unpaired) electrons. The van der Waals surface area contributed by atoms with Crippen molar-refractivity contribution in [3.05, 3.63) is 70.3 Å². The molecule has 29 heavy (non-hydrogen) atoms. The summed E-state index contributed by atoms with van der Waals surface area (Å²) in [7, 11) is 0. The largest absolute Gasteiger partial charge is 0.483 e. The summed E-state index contributed by atoms with van der Waals surface area (Å²) in [4.78, 5) is 0. The van der Waals surface area contributed by atoms with Gasteiger partial charge in [-0.3, -0.25) is 0 Å². The van der Waals surface area contributed by atoms with Gasteiger partial charge in [0.25, 0.3) is 0 Å². The number of thioether (sulfide) groups is 1. The Morgan fingerprint density at radius 2 is 1.97 bits per heavy atom. The highest BCUT2D eigenvalue weighted by atomic mass is 35.5. The smallest absolute Gasteiger partial charge is 0.221 e. The summed E-state index contributed by atoms with van der Waals surface area (Å²) < 4.78 is 18.4. The first-order valence-electron chi connectivity index (χ1n) is 8.39. The SMILES string of the molecule is CSc1nnc(-c2ccco2)n1/N=C\c1ccc(COc2c(Cl)cccc2Cl)o1. The predicted molar refractivity (Wildman–Crippen MR) is 112 cm³/mol. The number of nitrogens with zero attached hydrogens (tertiary/aromatic N) is 4. The summed E-state index contributed by atoms with van der Waals surface area (Å²) in [5.41, 5.74) is 0. The highest BCUT2D eigenvalue weighted by Gasteiger charge is 2.15. The lowest BCUT2D eigenvalue weighted by Crippen LogP contribution is -1.96. The predicted octanol–water partition coefficient (Wildman–Crippen LogP) is 5.62. The van der Waals surface area contributed by atoms with E-state index in [-0.39, 0.29) is 6.61 Å². The van der Waals surface area contributed by atoms with Crippen LogP contribution in [0.2, 0.25) is 10.0 Å². The summed E-state index contributed by atoms with van der Waals surface area (Å²) in [5.74, 6) is 2.63.